The van der Waals surface area contributed by atoms with E-state index in [1.165, 1.54) is 21.6 Å². The molecule has 4 aromatic rings. The van der Waals surface area contributed by atoms with E-state index in [4.69, 9.17) is 4.98 Å². The number of benzene rings is 2. The van der Waals surface area contributed by atoms with E-state index in [-0.39, 0.29) is 29.8 Å². The van der Waals surface area contributed by atoms with Crippen molar-refractivity contribution < 1.29 is 23.1 Å². The second kappa shape index (κ2) is 10.6. The SMILES string of the molecule is Cn1cc(-c2cccc(C3(c4nc5c(c(=O)[nH]4)CN(C(=O)C(O)c4cccc(C(F)(F)F)c4)CCC5)CC3)c2)ccc1=O. The lowest BCUT2D eigenvalue weighted by atomic mass is 9.91. The molecule has 0 spiro atoms. The molecule has 0 bridgehead atoms. The fourth-order valence-electron chi connectivity index (χ4n) is 5.79. The van der Waals surface area contributed by atoms with E-state index in [2.05, 4.69) is 4.98 Å². The van der Waals surface area contributed by atoms with Crippen LogP contribution in [-0.4, -0.2) is 37.0 Å². The highest BCUT2D eigenvalue weighted by molar-refractivity contribution is 5.82. The fraction of sp³-hybridized carbons (Fsp3) is 0.312. The number of pyridine rings is 1. The summed E-state index contributed by atoms with van der Waals surface area (Å²) in [6, 6.07) is 15.3. The number of aryl methyl sites for hydroxylation is 2. The predicted molar refractivity (Wildman–Crippen MR) is 152 cm³/mol. The highest BCUT2D eigenvalue weighted by Crippen LogP contribution is 2.52. The molecule has 11 heteroatoms. The molecule has 2 N–H and O–H groups in total. The second-order valence-electron chi connectivity index (χ2n) is 11.3. The molecule has 1 aliphatic carbocycles. The van der Waals surface area contributed by atoms with Crippen molar-refractivity contribution in [3.05, 3.63) is 121 Å². The van der Waals surface area contributed by atoms with E-state index in [1.54, 1.807) is 19.3 Å². The number of nitrogens with one attached hydrogen (secondary N) is 1. The molecule has 3 heterocycles. The van der Waals surface area contributed by atoms with Gasteiger partial charge >= 0.3 is 6.18 Å². The smallest absolute Gasteiger partial charge is 0.378 e. The maximum absolute atomic E-state index is 13.4. The van der Waals surface area contributed by atoms with Crippen LogP contribution in [0.4, 0.5) is 13.2 Å². The Hall–Kier alpha value is -4.51. The number of hydrogen-bond acceptors (Lipinski definition) is 5. The molecule has 0 saturated heterocycles. The number of amides is 1. The van der Waals surface area contributed by atoms with Gasteiger partial charge in [0.1, 0.15) is 5.82 Å². The van der Waals surface area contributed by atoms with Gasteiger partial charge in [0.25, 0.3) is 11.5 Å². The van der Waals surface area contributed by atoms with Gasteiger partial charge in [0.05, 0.1) is 28.8 Å². The zero-order valence-corrected chi connectivity index (χ0v) is 23.3. The number of rotatable bonds is 5. The summed E-state index contributed by atoms with van der Waals surface area (Å²) in [5, 5.41) is 10.7. The van der Waals surface area contributed by atoms with E-state index in [0.29, 0.717) is 29.9 Å². The molecule has 8 nitrogen and oxygen atoms in total. The van der Waals surface area contributed by atoms with E-state index in [1.807, 2.05) is 24.3 Å². The highest BCUT2D eigenvalue weighted by Gasteiger charge is 2.49. The quantitative estimate of drug-likeness (QED) is 0.362. The van der Waals surface area contributed by atoms with Crippen molar-refractivity contribution >= 4 is 5.91 Å². The number of carbonyl (C=O) groups is 1. The standard InChI is InChI=1S/C32H29F3N4O4/c1-38-17-21(10-11-26(38)40)19-5-2-7-22(15-19)31(12-13-31)30-36-25-9-4-14-39(18-24(25)28(42)37-30)29(43)27(41)20-6-3-8-23(16-20)32(33,34)35/h2-3,5-8,10-11,15-17,27,41H,4,9,12-14,18H2,1H3,(H,36,37,42). The molecule has 1 unspecified atom stereocenters. The molecule has 0 radical (unpaired) electrons. The van der Waals surface area contributed by atoms with Crippen LogP contribution in [0, 0.1) is 0 Å². The summed E-state index contributed by atoms with van der Waals surface area (Å²) in [7, 11) is 1.70. The number of aliphatic hydroxyl groups excluding tert-OH is 1. The first-order valence-electron chi connectivity index (χ1n) is 14.0. The van der Waals surface area contributed by atoms with Gasteiger partial charge in [-0.1, -0.05) is 36.4 Å². The summed E-state index contributed by atoms with van der Waals surface area (Å²) < 4.78 is 41.0. The fourth-order valence-corrected chi connectivity index (χ4v) is 5.79. The van der Waals surface area contributed by atoms with E-state index < -0.39 is 29.2 Å². The van der Waals surface area contributed by atoms with Gasteiger partial charge in [-0.2, -0.15) is 13.2 Å². The summed E-state index contributed by atoms with van der Waals surface area (Å²) >= 11 is 0. The minimum Gasteiger partial charge on any atom is -0.378 e. The third-order valence-corrected chi connectivity index (χ3v) is 8.40. The maximum Gasteiger partial charge on any atom is 0.416 e. The van der Waals surface area contributed by atoms with Crippen molar-refractivity contribution in [1.82, 2.24) is 19.4 Å². The molecule has 2 aliphatic rings. The third kappa shape index (κ3) is 5.40. The van der Waals surface area contributed by atoms with Crippen molar-refractivity contribution in [3.63, 3.8) is 0 Å². The lowest BCUT2D eigenvalue weighted by Crippen LogP contribution is -2.36. The molecule has 1 fully saturated rings. The molecule has 1 saturated carbocycles. The zero-order chi connectivity index (χ0) is 30.5. The van der Waals surface area contributed by atoms with Crippen LogP contribution in [0.1, 0.15) is 59.1 Å². The Morgan fingerprint density at radius 1 is 1.05 bits per heavy atom. The van der Waals surface area contributed by atoms with Gasteiger partial charge in [0.2, 0.25) is 5.56 Å². The van der Waals surface area contributed by atoms with E-state index in [9.17, 15) is 32.7 Å². The normalized spacial score (nSPS) is 16.7. The van der Waals surface area contributed by atoms with Crippen LogP contribution in [0.2, 0.25) is 0 Å². The van der Waals surface area contributed by atoms with Crippen molar-refractivity contribution in [1.29, 1.82) is 0 Å². The number of carbonyl (C=O) groups excluding carboxylic acids is 1. The number of aliphatic hydroxyl groups is 1. The minimum absolute atomic E-state index is 0.101. The second-order valence-corrected chi connectivity index (χ2v) is 11.3. The van der Waals surface area contributed by atoms with Gasteiger partial charge in [-0.15, -0.1) is 0 Å². The molecule has 222 valence electrons. The van der Waals surface area contributed by atoms with Crippen molar-refractivity contribution in [3.8, 4) is 11.1 Å². The van der Waals surface area contributed by atoms with Crippen molar-refractivity contribution in [2.45, 2.75) is 49.9 Å². The van der Waals surface area contributed by atoms with Gasteiger partial charge in [0.15, 0.2) is 6.10 Å². The van der Waals surface area contributed by atoms with Crippen LogP contribution in [0.25, 0.3) is 11.1 Å². The number of halogens is 3. The summed E-state index contributed by atoms with van der Waals surface area (Å²) in [5.74, 6) is -0.220. The van der Waals surface area contributed by atoms with Crippen LogP contribution < -0.4 is 11.1 Å². The Labute approximate surface area is 244 Å². The lowest BCUT2D eigenvalue weighted by Gasteiger charge is -2.24. The summed E-state index contributed by atoms with van der Waals surface area (Å²) in [4.78, 5) is 47.6. The molecule has 1 aliphatic heterocycles. The maximum atomic E-state index is 13.4. The van der Waals surface area contributed by atoms with Crippen molar-refractivity contribution in [2.75, 3.05) is 6.54 Å². The summed E-state index contributed by atoms with van der Waals surface area (Å²) in [6.07, 6.45) is -2.15. The van der Waals surface area contributed by atoms with Crippen LogP contribution in [0.15, 0.2) is 76.4 Å². The van der Waals surface area contributed by atoms with Crippen LogP contribution in [0.5, 0.6) is 0 Å². The summed E-state index contributed by atoms with van der Waals surface area (Å²) in [6.45, 7) is 0.106. The molecule has 43 heavy (non-hydrogen) atoms. The molecule has 1 atom stereocenters. The first kappa shape index (κ1) is 28.6. The molecular formula is C32H29F3N4O4. The molecule has 6 rings (SSSR count). The number of aromatic amines is 1. The number of hydrogen-bond donors (Lipinski definition) is 2. The Morgan fingerprint density at radius 3 is 2.53 bits per heavy atom. The third-order valence-electron chi connectivity index (χ3n) is 8.40. The van der Waals surface area contributed by atoms with Gasteiger partial charge in [-0.25, -0.2) is 4.98 Å². The van der Waals surface area contributed by atoms with Crippen LogP contribution in [-0.2, 0) is 36.4 Å². The average Bonchev–Trinajstić information content (AvgIpc) is 3.82. The van der Waals surface area contributed by atoms with E-state index in [0.717, 1.165) is 47.7 Å². The molecule has 2 aromatic carbocycles. The molecule has 1 amide bonds. The number of fused-ring (bicyclic) bond motifs is 1. The van der Waals surface area contributed by atoms with Crippen molar-refractivity contribution in [2.24, 2.45) is 7.05 Å². The predicted octanol–water partition coefficient (Wildman–Crippen LogP) is 4.24. The highest BCUT2D eigenvalue weighted by atomic mass is 19.4. The largest absolute Gasteiger partial charge is 0.416 e. The van der Waals surface area contributed by atoms with Crippen LogP contribution in [0.3, 0.4) is 0 Å². The Balaban J connectivity index is 1.27. The Morgan fingerprint density at radius 2 is 1.81 bits per heavy atom. The first-order valence-corrected chi connectivity index (χ1v) is 14.0. The van der Waals surface area contributed by atoms with Gasteiger partial charge in [-0.05, 0) is 66.1 Å². The van der Waals surface area contributed by atoms with E-state index >= 15 is 0 Å². The Kier molecular flexibility index (Phi) is 7.08. The summed E-state index contributed by atoms with van der Waals surface area (Å²) in [5.41, 5.74) is 1.63. The topological polar surface area (TPSA) is 108 Å². The zero-order valence-electron chi connectivity index (χ0n) is 23.3. The first-order chi connectivity index (χ1) is 20.5. The van der Waals surface area contributed by atoms with Gasteiger partial charge in [-0.3, -0.25) is 14.4 Å². The Bertz CT molecular complexity index is 1840. The van der Waals surface area contributed by atoms with Crippen LogP contribution >= 0.6 is 0 Å². The molecular weight excluding hydrogens is 561 g/mol. The average molecular weight is 591 g/mol. The number of alkyl halides is 3. The number of aromatic nitrogens is 3. The number of nitrogens with zero attached hydrogens (tertiary/aromatic N) is 3. The molecule has 2 aromatic heterocycles. The van der Waals surface area contributed by atoms with Gasteiger partial charge in [0, 0.05) is 25.9 Å². The van der Waals surface area contributed by atoms with Gasteiger partial charge < -0.3 is 19.6 Å². The number of H-pyrrole nitrogens is 1. The minimum atomic E-state index is -4.61. The monoisotopic (exact) mass is 590 g/mol. The lowest BCUT2D eigenvalue weighted by molar-refractivity contribution is -0.142.